The zero-order chi connectivity index (χ0) is 21.2. The van der Waals surface area contributed by atoms with Gasteiger partial charge in [-0.15, -0.1) is 0 Å². The molecule has 154 valence electrons. The maximum Gasteiger partial charge on any atom is 0.417 e. The van der Waals surface area contributed by atoms with Crippen LogP contribution in [0.2, 0.25) is 0 Å². The van der Waals surface area contributed by atoms with Crippen molar-refractivity contribution in [3.8, 4) is 0 Å². The lowest BCUT2D eigenvalue weighted by atomic mass is 9.86. The number of halogens is 12. The van der Waals surface area contributed by atoms with E-state index in [0.29, 0.717) is 0 Å². The first-order chi connectivity index (χ1) is 11.9. The van der Waals surface area contributed by atoms with Gasteiger partial charge in [0.2, 0.25) is 0 Å². The first-order valence-electron chi connectivity index (χ1n) is 7.12. The highest BCUT2D eigenvalue weighted by Gasteiger charge is 2.56. The van der Waals surface area contributed by atoms with E-state index in [4.69, 9.17) is 5.73 Å². The Bertz CT molecular complexity index is 718. The van der Waals surface area contributed by atoms with Crippen LogP contribution in [0.1, 0.15) is 46.7 Å². The Morgan fingerprint density at radius 3 is 1.37 bits per heavy atom. The second kappa shape index (κ2) is 6.17. The number of hydrogen-bond donors (Lipinski definition) is 1. The highest BCUT2D eigenvalue weighted by Crippen LogP contribution is 2.54. The molecule has 0 aliphatic heterocycles. The summed E-state index contributed by atoms with van der Waals surface area (Å²) in [5, 5.41) is 0. The van der Waals surface area contributed by atoms with Crippen molar-refractivity contribution in [2.24, 2.45) is 11.7 Å². The highest BCUT2D eigenvalue weighted by molar-refractivity contribution is 5.53. The monoisotopic (exact) mass is 419 g/mol. The molecule has 0 saturated heterocycles. The maximum atomic E-state index is 13.3. The zero-order valence-corrected chi connectivity index (χ0v) is 12.8. The normalized spacial score (nSPS) is 18.0. The number of rotatable bonds is 2. The van der Waals surface area contributed by atoms with Crippen LogP contribution in [-0.2, 0) is 24.7 Å². The molecule has 0 spiro atoms. The lowest BCUT2D eigenvalue weighted by Crippen LogP contribution is -2.31. The van der Waals surface area contributed by atoms with E-state index >= 15 is 0 Å². The molecule has 27 heavy (non-hydrogen) atoms. The van der Waals surface area contributed by atoms with Crippen LogP contribution >= 0.6 is 0 Å². The molecular formula is C14H9F12N. The lowest BCUT2D eigenvalue weighted by molar-refractivity contribution is -0.183. The predicted molar refractivity (Wildman–Crippen MR) is 66.1 cm³/mol. The summed E-state index contributed by atoms with van der Waals surface area (Å²) in [7, 11) is 0. The minimum atomic E-state index is -6.37. The Labute approximate surface area is 143 Å². The van der Waals surface area contributed by atoms with Gasteiger partial charge in [0.25, 0.3) is 0 Å². The molecule has 13 heteroatoms. The maximum absolute atomic E-state index is 13.3. The van der Waals surface area contributed by atoms with Crippen LogP contribution < -0.4 is 5.73 Å². The van der Waals surface area contributed by atoms with Gasteiger partial charge >= 0.3 is 24.7 Å². The molecule has 1 aromatic carbocycles. The van der Waals surface area contributed by atoms with E-state index in [-0.39, 0.29) is 12.8 Å². The molecule has 2 rings (SSSR count). The Morgan fingerprint density at radius 2 is 1.07 bits per heavy atom. The number of benzene rings is 1. The fourth-order valence-corrected chi connectivity index (χ4v) is 2.78. The summed E-state index contributed by atoms with van der Waals surface area (Å²) < 4.78 is 158. The summed E-state index contributed by atoms with van der Waals surface area (Å²) in [4.78, 5) is 0. The van der Waals surface area contributed by atoms with Crippen molar-refractivity contribution < 1.29 is 52.7 Å². The smallest absolute Gasteiger partial charge is 0.324 e. The summed E-state index contributed by atoms with van der Waals surface area (Å²) in [5.41, 5.74) is -8.84. The van der Waals surface area contributed by atoms with Gasteiger partial charge in [-0.05, 0) is 30.4 Å². The Hall–Kier alpha value is -1.66. The Balaban J connectivity index is 3.08. The fraction of sp³-hybridized carbons (Fsp3) is 0.571. The lowest BCUT2D eigenvalue weighted by Gasteiger charge is -2.28. The largest absolute Gasteiger partial charge is 0.417 e. The van der Waals surface area contributed by atoms with Crippen LogP contribution in [-0.4, -0.2) is 0 Å². The molecule has 1 aromatic rings. The van der Waals surface area contributed by atoms with Gasteiger partial charge in [0.1, 0.15) is 0 Å². The third kappa shape index (κ3) is 4.27. The Morgan fingerprint density at radius 1 is 0.667 bits per heavy atom. The van der Waals surface area contributed by atoms with Gasteiger partial charge < -0.3 is 5.73 Å². The van der Waals surface area contributed by atoms with Crippen LogP contribution in [0.15, 0.2) is 6.07 Å². The van der Waals surface area contributed by atoms with Crippen LogP contribution in [0.4, 0.5) is 52.7 Å². The standard InChI is InChI=1S/C14H9F12N/c15-11(16,17)6-3-5(10(27)4-1-2-4)7(12(18,19)20)9(14(24,25)26)8(6)13(21,22)23/h3-4,10H,1-2,27H2. The third-order valence-corrected chi connectivity index (χ3v) is 4.00. The summed E-state index contributed by atoms with van der Waals surface area (Å²) in [6.07, 6.45) is -24.5. The van der Waals surface area contributed by atoms with E-state index in [0.717, 1.165) is 0 Å². The van der Waals surface area contributed by atoms with Crippen molar-refractivity contribution in [1.82, 2.24) is 0 Å². The van der Waals surface area contributed by atoms with E-state index in [9.17, 15) is 52.7 Å². The number of nitrogens with two attached hydrogens (primary N) is 1. The molecule has 0 heterocycles. The topological polar surface area (TPSA) is 26.0 Å². The zero-order valence-electron chi connectivity index (χ0n) is 12.8. The van der Waals surface area contributed by atoms with Crippen LogP contribution in [0, 0.1) is 5.92 Å². The molecule has 0 aromatic heterocycles. The molecule has 1 aliphatic carbocycles. The summed E-state index contributed by atoms with van der Waals surface area (Å²) >= 11 is 0. The summed E-state index contributed by atoms with van der Waals surface area (Å²) in [6, 6.07) is -2.49. The van der Waals surface area contributed by atoms with Gasteiger partial charge in [0.05, 0.1) is 22.3 Å². The quantitative estimate of drug-likeness (QED) is 0.570. The second-order valence-electron chi connectivity index (χ2n) is 5.99. The fourth-order valence-electron chi connectivity index (χ4n) is 2.78. The highest BCUT2D eigenvalue weighted by atomic mass is 19.4. The van der Waals surface area contributed by atoms with E-state index in [2.05, 4.69) is 0 Å². The van der Waals surface area contributed by atoms with Gasteiger partial charge in [-0.25, -0.2) is 0 Å². The van der Waals surface area contributed by atoms with Gasteiger partial charge in [-0.1, -0.05) is 0 Å². The predicted octanol–water partition coefficient (Wildman–Crippen LogP) is 6.17. The molecular weight excluding hydrogens is 410 g/mol. The molecule has 1 unspecified atom stereocenters. The van der Waals surface area contributed by atoms with Crippen LogP contribution in [0.25, 0.3) is 0 Å². The summed E-state index contributed by atoms with van der Waals surface area (Å²) in [6.45, 7) is 0. The van der Waals surface area contributed by atoms with E-state index in [1.165, 1.54) is 0 Å². The molecule has 0 amide bonds. The van der Waals surface area contributed by atoms with Gasteiger partial charge in [0, 0.05) is 6.04 Å². The molecule has 1 fully saturated rings. The first kappa shape index (κ1) is 21.6. The number of alkyl halides is 12. The Kier molecular flexibility index (Phi) is 4.95. The van der Waals surface area contributed by atoms with E-state index < -0.39 is 70.5 Å². The van der Waals surface area contributed by atoms with Crippen molar-refractivity contribution in [3.63, 3.8) is 0 Å². The average molecular weight is 419 g/mol. The van der Waals surface area contributed by atoms with Crippen LogP contribution in [0.3, 0.4) is 0 Å². The van der Waals surface area contributed by atoms with E-state index in [1.54, 1.807) is 0 Å². The molecule has 2 N–H and O–H groups in total. The summed E-state index contributed by atoms with van der Waals surface area (Å²) in [5.74, 6) is -0.856. The molecule has 1 nitrogen and oxygen atoms in total. The second-order valence-corrected chi connectivity index (χ2v) is 5.99. The van der Waals surface area contributed by atoms with Crippen molar-refractivity contribution in [2.45, 2.75) is 43.6 Å². The molecule has 0 radical (unpaired) electrons. The minimum Gasteiger partial charge on any atom is -0.324 e. The first-order valence-corrected chi connectivity index (χ1v) is 7.12. The van der Waals surface area contributed by atoms with Gasteiger partial charge in [0.15, 0.2) is 0 Å². The van der Waals surface area contributed by atoms with Gasteiger partial charge in [-0.3, -0.25) is 0 Å². The number of hydrogen-bond acceptors (Lipinski definition) is 1. The molecule has 1 aliphatic rings. The van der Waals surface area contributed by atoms with Crippen molar-refractivity contribution >= 4 is 0 Å². The minimum absolute atomic E-state index is 0.127. The SMILES string of the molecule is NC(c1cc(C(F)(F)F)c(C(F)(F)F)c(C(F)(F)F)c1C(F)(F)F)C1CC1. The molecule has 1 atom stereocenters. The van der Waals surface area contributed by atoms with Crippen molar-refractivity contribution in [3.05, 3.63) is 33.9 Å². The average Bonchev–Trinajstić information content (AvgIpc) is 3.24. The third-order valence-electron chi connectivity index (χ3n) is 4.00. The van der Waals surface area contributed by atoms with Crippen molar-refractivity contribution in [1.29, 1.82) is 0 Å². The van der Waals surface area contributed by atoms with Gasteiger partial charge in [-0.2, -0.15) is 52.7 Å². The van der Waals surface area contributed by atoms with E-state index in [1.807, 2.05) is 0 Å². The van der Waals surface area contributed by atoms with Crippen molar-refractivity contribution in [2.75, 3.05) is 0 Å². The van der Waals surface area contributed by atoms with Crippen LogP contribution in [0.5, 0.6) is 0 Å². The molecule has 0 bridgehead atoms. The molecule has 1 saturated carbocycles.